The van der Waals surface area contributed by atoms with Crippen molar-refractivity contribution in [3.63, 3.8) is 0 Å². The number of rotatable bonds is 5. The van der Waals surface area contributed by atoms with E-state index < -0.39 is 5.60 Å². The maximum atomic E-state index is 12.3. The number of aryl methyl sites for hydroxylation is 1. The second kappa shape index (κ2) is 6.36. The van der Waals surface area contributed by atoms with E-state index in [4.69, 9.17) is 4.74 Å². The third-order valence-electron chi connectivity index (χ3n) is 4.71. The Bertz CT molecular complexity index is 592. The Morgan fingerprint density at radius 3 is 2.83 bits per heavy atom. The van der Waals surface area contributed by atoms with E-state index in [1.165, 1.54) is 0 Å². The summed E-state index contributed by atoms with van der Waals surface area (Å²) in [6, 6.07) is 6.09. The van der Waals surface area contributed by atoms with Crippen LogP contribution >= 0.6 is 12.6 Å². The molecule has 23 heavy (non-hydrogen) atoms. The third kappa shape index (κ3) is 3.66. The monoisotopic (exact) mass is 335 g/mol. The minimum atomic E-state index is -0.630. The number of nitrogens with zero attached hydrogens (tertiary/aromatic N) is 1. The zero-order chi connectivity index (χ0) is 16.6. The fraction of sp³-hybridized carbons (Fsp3) is 0.611. The number of carbonyl (C=O) groups is 1. The summed E-state index contributed by atoms with van der Waals surface area (Å²) in [4.78, 5) is 14.2. The van der Waals surface area contributed by atoms with Crippen LogP contribution in [0.4, 0.5) is 5.69 Å². The molecule has 1 saturated carbocycles. The number of fused-ring (bicyclic) bond motifs is 1. The molecule has 2 aliphatic rings. The van der Waals surface area contributed by atoms with Gasteiger partial charge in [0.2, 0.25) is 5.91 Å². The highest BCUT2D eigenvalue weighted by molar-refractivity contribution is 7.80. The van der Waals surface area contributed by atoms with Gasteiger partial charge in [-0.2, -0.15) is 12.6 Å². The van der Waals surface area contributed by atoms with Gasteiger partial charge in [0.05, 0.1) is 12.2 Å². The van der Waals surface area contributed by atoms with Crippen LogP contribution in [-0.4, -0.2) is 34.5 Å². The highest BCUT2D eigenvalue weighted by Crippen LogP contribution is 2.41. The minimum absolute atomic E-state index is 0.119. The van der Waals surface area contributed by atoms with Crippen LogP contribution in [0, 0.1) is 0 Å². The summed E-state index contributed by atoms with van der Waals surface area (Å²) < 4.78 is 5.79. The fourth-order valence-corrected chi connectivity index (χ4v) is 3.57. The Balaban J connectivity index is 1.73. The molecule has 0 radical (unpaired) electrons. The molecule has 0 saturated heterocycles. The average Bonchev–Trinajstić information content (AvgIpc) is 2.44. The molecule has 0 unspecified atom stereocenters. The second-order valence-corrected chi connectivity index (χ2v) is 7.98. The number of amides is 1. The first-order chi connectivity index (χ1) is 10.9. The van der Waals surface area contributed by atoms with Crippen molar-refractivity contribution in [2.24, 2.45) is 0 Å². The van der Waals surface area contributed by atoms with Gasteiger partial charge in [-0.3, -0.25) is 4.79 Å². The molecular weight excluding hydrogens is 310 g/mol. The van der Waals surface area contributed by atoms with Gasteiger partial charge in [0.15, 0.2) is 0 Å². The first kappa shape index (κ1) is 16.7. The summed E-state index contributed by atoms with van der Waals surface area (Å²) in [5, 5.41) is 10.3. The van der Waals surface area contributed by atoms with Crippen molar-refractivity contribution in [2.45, 2.75) is 62.8 Å². The van der Waals surface area contributed by atoms with Gasteiger partial charge < -0.3 is 14.7 Å². The molecule has 1 aromatic carbocycles. The first-order valence-corrected chi connectivity index (χ1v) is 8.85. The summed E-state index contributed by atoms with van der Waals surface area (Å²) in [6.07, 6.45) is 3.49. The molecule has 1 fully saturated rings. The van der Waals surface area contributed by atoms with Crippen LogP contribution in [0.1, 0.15) is 45.1 Å². The van der Waals surface area contributed by atoms with E-state index >= 15 is 0 Å². The maximum absolute atomic E-state index is 12.3. The van der Waals surface area contributed by atoms with Gasteiger partial charge in [-0.05, 0) is 56.4 Å². The van der Waals surface area contributed by atoms with Gasteiger partial charge in [-0.1, -0.05) is 6.92 Å². The average molecular weight is 335 g/mol. The van der Waals surface area contributed by atoms with Crippen molar-refractivity contribution in [1.82, 2.24) is 0 Å². The Morgan fingerprint density at radius 2 is 2.17 bits per heavy atom. The van der Waals surface area contributed by atoms with E-state index in [-0.39, 0.29) is 11.9 Å². The lowest BCUT2D eigenvalue weighted by molar-refractivity contribution is -0.121. The molecule has 5 heteroatoms. The number of aliphatic hydroxyl groups is 1. The van der Waals surface area contributed by atoms with Crippen molar-refractivity contribution in [3.05, 3.63) is 23.8 Å². The van der Waals surface area contributed by atoms with Crippen LogP contribution in [0.25, 0.3) is 0 Å². The van der Waals surface area contributed by atoms with Gasteiger partial charge >= 0.3 is 0 Å². The number of thiol groups is 1. The van der Waals surface area contributed by atoms with Crippen molar-refractivity contribution in [3.8, 4) is 5.75 Å². The van der Waals surface area contributed by atoms with E-state index in [9.17, 15) is 9.90 Å². The van der Waals surface area contributed by atoms with Crippen molar-refractivity contribution >= 4 is 24.2 Å². The summed E-state index contributed by atoms with van der Waals surface area (Å²) in [5.74, 6) is 1.02. The number of hydrogen-bond donors (Lipinski definition) is 2. The van der Waals surface area contributed by atoms with Crippen LogP contribution in [0.2, 0.25) is 0 Å². The van der Waals surface area contributed by atoms with Crippen molar-refractivity contribution in [2.75, 3.05) is 11.5 Å². The molecule has 1 aromatic rings. The highest BCUT2D eigenvalue weighted by atomic mass is 32.1. The standard InChI is InChI=1S/C18H25NO3S/c1-12(23)7-8-22-15-4-5-16-13(9-15)3-6-17(20)19(16)14-10-18(2,21)11-14/h4-5,9,12,14,21,23H,3,6-8,10-11H2,1-2H3/t12-,14?,18?/m0/s1. The molecule has 1 aliphatic carbocycles. The van der Waals surface area contributed by atoms with Crippen molar-refractivity contribution < 1.29 is 14.6 Å². The number of anilines is 1. The molecule has 0 bridgehead atoms. The predicted molar refractivity (Wildman–Crippen MR) is 94.5 cm³/mol. The number of hydrogen-bond acceptors (Lipinski definition) is 4. The van der Waals surface area contributed by atoms with E-state index in [0.29, 0.717) is 31.1 Å². The fourth-order valence-electron chi connectivity index (χ4n) is 3.47. The number of benzene rings is 1. The number of ether oxygens (including phenoxy) is 1. The Kier molecular flexibility index (Phi) is 4.61. The Labute approximate surface area is 143 Å². The molecule has 3 rings (SSSR count). The molecule has 1 heterocycles. The largest absolute Gasteiger partial charge is 0.494 e. The lowest BCUT2D eigenvalue weighted by Gasteiger charge is -2.48. The summed E-state index contributed by atoms with van der Waals surface area (Å²) in [6.45, 7) is 4.53. The first-order valence-electron chi connectivity index (χ1n) is 8.34. The number of carbonyl (C=O) groups excluding carboxylic acids is 1. The molecule has 1 N–H and O–H groups in total. The maximum Gasteiger partial charge on any atom is 0.227 e. The van der Waals surface area contributed by atoms with E-state index in [2.05, 4.69) is 25.6 Å². The smallest absolute Gasteiger partial charge is 0.227 e. The van der Waals surface area contributed by atoms with Gasteiger partial charge in [0.25, 0.3) is 0 Å². The molecule has 4 nitrogen and oxygen atoms in total. The molecule has 1 atom stereocenters. The highest BCUT2D eigenvalue weighted by Gasteiger charge is 2.44. The summed E-state index contributed by atoms with van der Waals surface area (Å²) >= 11 is 4.35. The minimum Gasteiger partial charge on any atom is -0.494 e. The topological polar surface area (TPSA) is 49.8 Å². The molecule has 0 aromatic heterocycles. The van der Waals surface area contributed by atoms with Gasteiger partial charge in [-0.25, -0.2) is 0 Å². The Hall–Kier alpha value is -1.20. The Morgan fingerprint density at radius 1 is 1.43 bits per heavy atom. The zero-order valence-electron chi connectivity index (χ0n) is 13.8. The lowest BCUT2D eigenvalue weighted by atomic mass is 9.75. The molecule has 1 amide bonds. The summed E-state index contributed by atoms with van der Waals surface area (Å²) in [7, 11) is 0. The van der Waals surface area contributed by atoms with E-state index in [1.54, 1.807) is 0 Å². The molecule has 126 valence electrons. The van der Waals surface area contributed by atoms with Gasteiger partial charge in [0, 0.05) is 23.4 Å². The normalized spacial score (nSPS) is 28.1. The zero-order valence-corrected chi connectivity index (χ0v) is 14.7. The van der Waals surface area contributed by atoms with Crippen LogP contribution in [-0.2, 0) is 11.2 Å². The van der Waals surface area contributed by atoms with Crippen molar-refractivity contribution in [1.29, 1.82) is 0 Å². The SMILES string of the molecule is C[C@H](S)CCOc1ccc2c(c1)CCC(=O)N2C1CC(C)(O)C1. The van der Waals surface area contributed by atoms with E-state index in [1.807, 2.05) is 24.0 Å². The lowest BCUT2D eigenvalue weighted by Crippen LogP contribution is -2.56. The van der Waals surface area contributed by atoms with Gasteiger partial charge in [0.1, 0.15) is 5.75 Å². The van der Waals surface area contributed by atoms with Crippen LogP contribution < -0.4 is 9.64 Å². The van der Waals surface area contributed by atoms with Crippen LogP contribution in [0.5, 0.6) is 5.75 Å². The van der Waals surface area contributed by atoms with Crippen LogP contribution in [0.3, 0.4) is 0 Å². The third-order valence-corrected chi connectivity index (χ3v) is 4.97. The quantitative estimate of drug-likeness (QED) is 0.814. The predicted octanol–water partition coefficient (Wildman–Crippen LogP) is 2.97. The molecular formula is C18H25NO3S. The van der Waals surface area contributed by atoms with Gasteiger partial charge in [-0.15, -0.1) is 0 Å². The molecule has 1 aliphatic heterocycles. The van der Waals surface area contributed by atoms with E-state index in [0.717, 1.165) is 29.8 Å². The molecule has 0 spiro atoms. The summed E-state index contributed by atoms with van der Waals surface area (Å²) in [5.41, 5.74) is 1.51. The van der Waals surface area contributed by atoms with Crippen LogP contribution in [0.15, 0.2) is 18.2 Å². The second-order valence-electron chi connectivity index (χ2n) is 7.10.